The van der Waals surface area contributed by atoms with Gasteiger partial charge in [0, 0.05) is 31.1 Å². The van der Waals surface area contributed by atoms with Crippen LogP contribution in [0.4, 0.5) is 0 Å². The van der Waals surface area contributed by atoms with Crippen molar-refractivity contribution in [1.29, 1.82) is 0 Å². The smallest absolute Gasteiger partial charge is 0.259 e. The third kappa shape index (κ3) is 4.04. The lowest BCUT2D eigenvalue weighted by molar-refractivity contribution is 0.0625. The number of H-pyrrole nitrogens is 1. The van der Waals surface area contributed by atoms with Crippen LogP contribution in [0, 0.1) is 20.8 Å². The maximum Gasteiger partial charge on any atom is 0.259 e. The zero-order chi connectivity index (χ0) is 24.0. The number of thiophene rings is 1. The van der Waals surface area contributed by atoms with Crippen LogP contribution in [0.15, 0.2) is 35.1 Å². The van der Waals surface area contributed by atoms with E-state index in [4.69, 9.17) is 11.6 Å². The molecular weight excluding hydrogens is 472 g/mol. The number of carbonyl (C=O) groups is 1. The van der Waals surface area contributed by atoms with Gasteiger partial charge in [-0.05, 0) is 38.5 Å². The van der Waals surface area contributed by atoms with Gasteiger partial charge in [-0.2, -0.15) is 5.10 Å². The molecule has 0 aliphatic carbocycles. The Labute approximate surface area is 205 Å². The number of hydrogen-bond donors (Lipinski definition) is 1. The number of fused-ring (bicyclic) bond motifs is 1. The lowest BCUT2D eigenvalue weighted by atomic mass is 10.2. The Balaban J connectivity index is 1.28. The van der Waals surface area contributed by atoms with Gasteiger partial charge >= 0.3 is 0 Å². The van der Waals surface area contributed by atoms with Gasteiger partial charge in [-0.3, -0.25) is 14.5 Å². The fourth-order valence-corrected chi connectivity index (χ4v) is 5.74. The number of aryl methyl sites for hydroxylation is 3. The number of nitrogens with zero attached hydrogens (tertiary/aromatic N) is 5. The van der Waals surface area contributed by atoms with Crippen LogP contribution in [0.2, 0.25) is 5.15 Å². The first-order chi connectivity index (χ1) is 16.3. The molecule has 1 saturated heterocycles. The number of benzene rings is 1. The molecule has 0 radical (unpaired) electrons. The van der Waals surface area contributed by atoms with Crippen molar-refractivity contribution >= 4 is 39.1 Å². The van der Waals surface area contributed by atoms with Gasteiger partial charge in [0.25, 0.3) is 11.5 Å². The molecule has 1 N–H and O–H groups in total. The highest BCUT2D eigenvalue weighted by molar-refractivity contribution is 7.18. The molecule has 3 aromatic heterocycles. The normalized spacial score (nSPS) is 14.8. The Kier molecular flexibility index (Phi) is 6.01. The summed E-state index contributed by atoms with van der Waals surface area (Å²) in [4.78, 5) is 39.4. The molecule has 1 amide bonds. The molecule has 4 aromatic rings. The van der Waals surface area contributed by atoms with Crippen molar-refractivity contribution in [3.63, 3.8) is 0 Å². The largest absolute Gasteiger partial charge is 0.336 e. The Hall–Kier alpha value is -3.01. The van der Waals surface area contributed by atoms with Crippen molar-refractivity contribution in [3.05, 3.63) is 73.4 Å². The van der Waals surface area contributed by atoms with Crippen molar-refractivity contribution < 1.29 is 4.79 Å². The maximum atomic E-state index is 13.3. The van der Waals surface area contributed by atoms with Crippen LogP contribution in [-0.2, 0) is 6.54 Å². The van der Waals surface area contributed by atoms with Gasteiger partial charge in [-0.15, -0.1) is 11.3 Å². The van der Waals surface area contributed by atoms with Gasteiger partial charge < -0.3 is 9.88 Å². The molecule has 1 aromatic carbocycles. The van der Waals surface area contributed by atoms with E-state index in [-0.39, 0.29) is 11.5 Å². The van der Waals surface area contributed by atoms with Gasteiger partial charge in [0.05, 0.1) is 28.9 Å². The first kappa shape index (κ1) is 22.8. The number of aromatic nitrogens is 4. The second-order valence-corrected chi connectivity index (χ2v) is 10.1. The van der Waals surface area contributed by atoms with Crippen LogP contribution < -0.4 is 5.56 Å². The first-order valence-electron chi connectivity index (χ1n) is 11.1. The van der Waals surface area contributed by atoms with Crippen LogP contribution in [0.3, 0.4) is 0 Å². The van der Waals surface area contributed by atoms with Crippen molar-refractivity contribution in [2.45, 2.75) is 27.3 Å². The number of amides is 1. The number of carbonyl (C=O) groups excluding carboxylic acids is 1. The second-order valence-electron chi connectivity index (χ2n) is 8.54. The number of halogens is 1. The summed E-state index contributed by atoms with van der Waals surface area (Å²) in [6.45, 7) is 8.80. The molecule has 1 aliphatic heterocycles. The van der Waals surface area contributed by atoms with Gasteiger partial charge in [-0.25, -0.2) is 9.67 Å². The summed E-state index contributed by atoms with van der Waals surface area (Å²) in [6, 6.07) is 9.54. The number of para-hydroxylation sites is 1. The van der Waals surface area contributed by atoms with Gasteiger partial charge in [0.15, 0.2) is 0 Å². The zero-order valence-corrected chi connectivity index (χ0v) is 20.8. The summed E-state index contributed by atoms with van der Waals surface area (Å²) >= 11 is 8.14. The second kappa shape index (κ2) is 8.98. The van der Waals surface area contributed by atoms with Crippen LogP contribution >= 0.6 is 22.9 Å². The molecule has 5 rings (SSSR count). The lowest BCUT2D eigenvalue weighted by Crippen LogP contribution is -2.48. The lowest BCUT2D eigenvalue weighted by Gasteiger charge is -2.34. The molecule has 176 valence electrons. The summed E-state index contributed by atoms with van der Waals surface area (Å²) in [6.07, 6.45) is 0. The Bertz CT molecular complexity index is 1430. The molecule has 4 heterocycles. The monoisotopic (exact) mass is 496 g/mol. The van der Waals surface area contributed by atoms with E-state index in [9.17, 15) is 9.59 Å². The average molecular weight is 497 g/mol. The molecule has 0 unspecified atom stereocenters. The van der Waals surface area contributed by atoms with Gasteiger partial charge in [-0.1, -0.05) is 29.8 Å². The maximum absolute atomic E-state index is 13.3. The molecule has 0 saturated carbocycles. The quantitative estimate of drug-likeness (QED) is 0.465. The van der Waals surface area contributed by atoms with E-state index >= 15 is 0 Å². The van der Waals surface area contributed by atoms with E-state index < -0.39 is 0 Å². The fraction of sp³-hybridized carbons (Fsp3) is 0.333. The van der Waals surface area contributed by atoms with E-state index in [1.165, 1.54) is 0 Å². The minimum atomic E-state index is -0.109. The van der Waals surface area contributed by atoms with E-state index in [0.29, 0.717) is 60.3 Å². The van der Waals surface area contributed by atoms with Crippen molar-refractivity contribution in [2.75, 3.05) is 26.2 Å². The predicted molar refractivity (Wildman–Crippen MR) is 134 cm³/mol. The third-order valence-electron chi connectivity index (χ3n) is 6.34. The van der Waals surface area contributed by atoms with E-state index in [2.05, 4.69) is 20.0 Å². The molecule has 1 aliphatic rings. The summed E-state index contributed by atoms with van der Waals surface area (Å²) in [7, 11) is 0. The summed E-state index contributed by atoms with van der Waals surface area (Å²) in [5.74, 6) is 0.545. The Morgan fingerprint density at radius 1 is 1.12 bits per heavy atom. The van der Waals surface area contributed by atoms with E-state index in [1.807, 2.05) is 49.1 Å². The Morgan fingerprint density at radius 2 is 1.82 bits per heavy atom. The molecule has 8 nitrogen and oxygen atoms in total. The SMILES string of the molecule is Cc1nn(-c2ccccc2)c(Cl)c1C(=O)N1CCN(Cc2nc3sc(C)c(C)c3c(=O)[nH]2)CC1. The first-order valence-corrected chi connectivity index (χ1v) is 12.3. The van der Waals surface area contributed by atoms with Crippen LogP contribution in [0.5, 0.6) is 0 Å². The fourth-order valence-electron chi connectivity index (χ4n) is 4.34. The molecule has 0 spiro atoms. The van der Waals surface area contributed by atoms with Gasteiger partial charge in [0.1, 0.15) is 15.8 Å². The highest BCUT2D eigenvalue weighted by atomic mass is 35.5. The Morgan fingerprint density at radius 3 is 2.53 bits per heavy atom. The summed E-state index contributed by atoms with van der Waals surface area (Å²) in [5.41, 5.74) is 2.78. The predicted octanol–water partition coefficient (Wildman–Crippen LogP) is 3.71. The van der Waals surface area contributed by atoms with Crippen molar-refractivity contribution in [3.8, 4) is 5.69 Å². The third-order valence-corrected chi connectivity index (χ3v) is 7.79. The van der Waals surface area contributed by atoms with E-state index in [0.717, 1.165) is 21.0 Å². The zero-order valence-electron chi connectivity index (χ0n) is 19.3. The molecule has 10 heteroatoms. The van der Waals surface area contributed by atoms with Crippen molar-refractivity contribution in [1.82, 2.24) is 29.5 Å². The number of aromatic amines is 1. The van der Waals surface area contributed by atoms with E-state index in [1.54, 1.807) is 22.9 Å². The minimum Gasteiger partial charge on any atom is -0.336 e. The standard InChI is InChI=1S/C24H25ClN6O2S/c1-14-16(3)34-23-19(14)22(32)26-18(27-23)13-29-9-11-30(12-10-29)24(33)20-15(2)28-31(21(20)25)17-7-5-4-6-8-17/h4-8H,9-13H2,1-3H3,(H,26,27,32). The van der Waals surface area contributed by atoms with Crippen LogP contribution in [0.25, 0.3) is 15.9 Å². The minimum absolute atomic E-state index is 0.0868. The highest BCUT2D eigenvalue weighted by Gasteiger charge is 2.28. The number of hydrogen-bond acceptors (Lipinski definition) is 6. The number of nitrogens with one attached hydrogen (secondary N) is 1. The number of rotatable bonds is 4. The topological polar surface area (TPSA) is 87.1 Å². The highest BCUT2D eigenvalue weighted by Crippen LogP contribution is 2.27. The van der Waals surface area contributed by atoms with Crippen molar-refractivity contribution in [2.24, 2.45) is 0 Å². The molecule has 0 bridgehead atoms. The molecule has 34 heavy (non-hydrogen) atoms. The van der Waals surface area contributed by atoms with Crippen LogP contribution in [0.1, 0.15) is 32.3 Å². The summed E-state index contributed by atoms with van der Waals surface area (Å²) in [5, 5.41) is 5.51. The molecule has 1 fully saturated rings. The number of piperazine rings is 1. The average Bonchev–Trinajstić information content (AvgIpc) is 3.28. The van der Waals surface area contributed by atoms with Gasteiger partial charge in [0.2, 0.25) is 0 Å². The molecular formula is C24H25ClN6O2S. The van der Waals surface area contributed by atoms with Crippen LogP contribution in [-0.4, -0.2) is 61.6 Å². The molecule has 0 atom stereocenters. The summed E-state index contributed by atoms with van der Waals surface area (Å²) < 4.78 is 1.60.